The summed E-state index contributed by atoms with van der Waals surface area (Å²) in [7, 11) is 3.06. The fourth-order valence-corrected chi connectivity index (χ4v) is 3.87. The molecule has 1 N–H and O–H groups in total. The van der Waals surface area contributed by atoms with E-state index in [0.29, 0.717) is 22.6 Å². The molecule has 1 unspecified atom stereocenters. The van der Waals surface area contributed by atoms with Crippen LogP contribution in [0.4, 0.5) is 0 Å². The van der Waals surface area contributed by atoms with Crippen molar-refractivity contribution in [3.8, 4) is 11.5 Å². The van der Waals surface area contributed by atoms with Crippen molar-refractivity contribution in [2.45, 2.75) is 12.6 Å². The molecule has 0 aliphatic carbocycles. The SMILES string of the molecule is COc1cccc(/C(O)=C2/C(=O)C(=O)N(Cc3ccccc3OC)C2c2cccnc2)c1. The molecular formula is C25H22N2O5. The Hall–Kier alpha value is -4.13. The Morgan fingerprint density at radius 1 is 1.03 bits per heavy atom. The number of benzene rings is 2. The molecule has 3 aromatic rings. The molecule has 1 aliphatic rings. The molecule has 1 fully saturated rings. The number of methoxy groups -OCH3 is 2. The highest BCUT2D eigenvalue weighted by atomic mass is 16.5. The first-order valence-corrected chi connectivity index (χ1v) is 9.99. The van der Waals surface area contributed by atoms with Crippen LogP contribution in [0.5, 0.6) is 11.5 Å². The van der Waals surface area contributed by atoms with Crippen LogP contribution in [-0.4, -0.2) is 40.9 Å². The average Bonchev–Trinajstić information content (AvgIpc) is 3.09. The van der Waals surface area contributed by atoms with E-state index < -0.39 is 17.7 Å². The van der Waals surface area contributed by atoms with Gasteiger partial charge in [0.05, 0.1) is 32.4 Å². The molecule has 1 aromatic heterocycles. The lowest BCUT2D eigenvalue weighted by molar-refractivity contribution is -0.140. The van der Waals surface area contributed by atoms with Gasteiger partial charge in [0.1, 0.15) is 17.3 Å². The van der Waals surface area contributed by atoms with Gasteiger partial charge in [-0.2, -0.15) is 0 Å². The summed E-state index contributed by atoms with van der Waals surface area (Å²) in [6, 6.07) is 16.7. The third-order valence-electron chi connectivity index (χ3n) is 5.42. The minimum absolute atomic E-state index is 0.00570. The third kappa shape index (κ3) is 3.80. The first-order chi connectivity index (χ1) is 15.5. The number of pyridine rings is 1. The smallest absolute Gasteiger partial charge is 0.295 e. The van der Waals surface area contributed by atoms with Gasteiger partial charge in [0, 0.05) is 23.5 Å². The number of hydrogen-bond acceptors (Lipinski definition) is 6. The predicted octanol–water partition coefficient (Wildman–Crippen LogP) is 3.72. The van der Waals surface area contributed by atoms with Gasteiger partial charge in [0.2, 0.25) is 0 Å². The second-order valence-corrected chi connectivity index (χ2v) is 7.26. The van der Waals surface area contributed by atoms with E-state index >= 15 is 0 Å². The zero-order valence-electron chi connectivity index (χ0n) is 17.7. The molecule has 4 rings (SSSR count). The van der Waals surface area contributed by atoms with Crippen molar-refractivity contribution in [3.05, 3.63) is 95.3 Å². The van der Waals surface area contributed by atoms with Gasteiger partial charge >= 0.3 is 0 Å². The van der Waals surface area contributed by atoms with Crippen molar-refractivity contribution < 1.29 is 24.2 Å². The number of aliphatic hydroxyl groups is 1. The van der Waals surface area contributed by atoms with E-state index in [9.17, 15) is 14.7 Å². The number of para-hydroxylation sites is 1. The van der Waals surface area contributed by atoms with Crippen molar-refractivity contribution in [1.29, 1.82) is 0 Å². The van der Waals surface area contributed by atoms with Gasteiger partial charge in [-0.15, -0.1) is 0 Å². The molecule has 0 radical (unpaired) electrons. The minimum atomic E-state index is -0.806. The Morgan fingerprint density at radius 3 is 2.56 bits per heavy atom. The number of ether oxygens (including phenoxy) is 2. The summed E-state index contributed by atoms with van der Waals surface area (Å²) in [5.74, 6) is -0.593. The van der Waals surface area contributed by atoms with Crippen LogP contribution >= 0.6 is 0 Å². The van der Waals surface area contributed by atoms with Crippen LogP contribution in [0.1, 0.15) is 22.7 Å². The standard InChI is InChI=1S/C25H22N2O5/c1-31-19-10-5-8-16(13-19)23(28)21-22(17-9-6-12-26-14-17)27(25(30)24(21)29)15-18-7-3-4-11-20(18)32-2/h3-14,22,28H,15H2,1-2H3/b23-21-. The molecular weight excluding hydrogens is 408 g/mol. The molecule has 162 valence electrons. The second kappa shape index (κ2) is 8.93. The number of nitrogens with zero attached hydrogens (tertiary/aromatic N) is 2. The number of carbonyl (C=O) groups excluding carboxylic acids is 2. The number of aromatic nitrogens is 1. The summed E-state index contributed by atoms with van der Waals surface area (Å²) in [4.78, 5) is 31.8. The summed E-state index contributed by atoms with van der Waals surface area (Å²) in [5.41, 5.74) is 1.75. The quantitative estimate of drug-likeness (QED) is 0.364. The van der Waals surface area contributed by atoms with Crippen LogP contribution in [0.15, 0.2) is 78.6 Å². The van der Waals surface area contributed by atoms with Gasteiger partial charge in [-0.25, -0.2) is 0 Å². The highest BCUT2D eigenvalue weighted by molar-refractivity contribution is 6.46. The van der Waals surface area contributed by atoms with Gasteiger partial charge < -0.3 is 19.5 Å². The maximum absolute atomic E-state index is 13.1. The summed E-state index contributed by atoms with van der Waals surface area (Å²) in [6.45, 7) is 0.128. The number of rotatable bonds is 6. The van der Waals surface area contributed by atoms with E-state index in [2.05, 4.69) is 4.98 Å². The Bertz CT molecular complexity index is 1190. The summed E-state index contributed by atoms with van der Waals surface area (Å²) < 4.78 is 10.7. The Balaban J connectivity index is 1.86. The number of likely N-dealkylation sites (tertiary alicyclic amines) is 1. The Labute approximate surface area is 185 Å². The van der Waals surface area contributed by atoms with Crippen LogP contribution in [0, 0.1) is 0 Å². The zero-order valence-corrected chi connectivity index (χ0v) is 17.7. The van der Waals surface area contributed by atoms with Crippen molar-refractivity contribution in [1.82, 2.24) is 9.88 Å². The molecule has 7 nitrogen and oxygen atoms in total. The van der Waals surface area contributed by atoms with Crippen molar-refractivity contribution in [3.63, 3.8) is 0 Å². The maximum Gasteiger partial charge on any atom is 0.295 e. The van der Waals surface area contributed by atoms with Crippen molar-refractivity contribution >= 4 is 17.4 Å². The van der Waals surface area contributed by atoms with Crippen LogP contribution in [0.3, 0.4) is 0 Å². The lowest BCUT2D eigenvalue weighted by Gasteiger charge is -2.25. The summed E-state index contributed by atoms with van der Waals surface area (Å²) in [6.07, 6.45) is 3.20. The molecule has 2 aromatic carbocycles. The third-order valence-corrected chi connectivity index (χ3v) is 5.42. The summed E-state index contributed by atoms with van der Waals surface area (Å²) in [5, 5.41) is 11.1. The van der Waals surface area contributed by atoms with Crippen LogP contribution in [-0.2, 0) is 16.1 Å². The average molecular weight is 430 g/mol. The largest absolute Gasteiger partial charge is 0.507 e. The lowest BCUT2D eigenvalue weighted by atomic mass is 9.96. The highest BCUT2D eigenvalue weighted by Crippen LogP contribution is 2.41. The summed E-state index contributed by atoms with van der Waals surface area (Å²) >= 11 is 0. The molecule has 2 heterocycles. The molecule has 0 saturated carbocycles. The van der Waals surface area contributed by atoms with Crippen LogP contribution in [0.25, 0.3) is 5.76 Å². The second-order valence-electron chi connectivity index (χ2n) is 7.26. The fraction of sp³-hybridized carbons (Fsp3) is 0.160. The van der Waals surface area contributed by atoms with Gasteiger partial charge in [-0.05, 0) is 29.8 Å². The maximum atomic E-state index is 13.1. The Kier molecular flexibility index (Phi) is 5.89. The zero-order chi connectivity index (χ0) is 22.7. The minimum Gasteiger partial charge on any atom is -0.507 e. The van der Waals surface area contributed by atoms with Gasteiger partial charge in [0.25, 0.3) is 11.7 Å². The van der Waals surface area contributed by atoms with Gasteiger partial charge in [-0.3, -0.25) is 14.6 Å². The van der Waals surface area contributed by atoms with Gasteiger partial charge in [0.15, 0.2) is 0 Å². The van der Waals surface area contributed by atoms with E-state index in [4.69, 9.17) is 9.47 Å². The van der Waals surface area contributed by atoms with E-state index in [1.54, 1.807) is 62.0 Å². The molecule has 1 saturated heterocycles. The van der Waals surface area contributed by atoms with Crippen LogP contribution in [0.2, 0.25) is 0 Å². The number of amides is 1. The molecule has 32 heavy (non-hydrogen) atoms. The van der Waals surface area contributed by atoms with Crippen molar-refractivity contribution in [2.75, 3.05) is 14.2 Å². The van der Waals surface area contributed by atoms with E-state index in [1.807, 2.05) is 18.2 Å². The fourth-order valence-electron chi connectivity index (χ4n) is 3.87. The number of aliphatic hydroxyl groups excluding tert-OH is 1. The van der Waals surface area contributed by atoms with E-state index in [0.717, 1.165) is 5.56 Å². The first-order valence-electron chi connectivity index (χ1n) is 9.99. The topological polar surface area (TPSA) is 89.0 Å². The van der Waals surface area contributed by atoms with Gasteiger partial charge in [-0.1, -0.05) is 36.4 Å². The van der Waals surface area contributed by atoms with Crippen LogP contribution < -0.4 is 9.47 Å². The molecule has 1 atom stereocenters. The molecule has 1 aliphatic heterocycles. The monoisotopic (exact) mass is 430 g/mol. The number of Topliss-reactive ketones (excluding diaryl/α,β-unsaturated/α-hetero) is 1. The predicted molar refractivity (Wildman–Crippen MR) is 118 cm³/mol. The van der Waals surface area contributed by atoms with Crippen molar-refractivity contribution in [2.24, 2.45) is 0 Å². The Morgan fingerprint density at radius 2 is 1.84 bits per heavy atom. The normalized spacial score (nSPS) is 17.4. The lowest BCUT2D eigenvalue weighted by Crippen LogP contribution is -2.29. The molecule has 1 amide bonds. The van der Waals surface area contributed by atoms with E-state index in [-0.39, 0.29) is 17.9 Å². The number of hydrogen-bond donors (Lipinski definition) is 1. The molecule has 7 heteroatoms. The first kappa shape index (κ1) is 21.1. The van der Waals surface area contributed by atoms with E-state index in [1.165, 1.54) is 12.0 Å². The number of ketones is 1. The molecule has 0 bridgehead atoms. The number of carbonyl (C=O) groups is 2. The highest BCUT2D eigenvalue weighted by Gasteiger charge is 2.46. The molecule has 0 spiro atoms.